The maximum atomic E-state index is 11.7. The quantitative estimate of drug-likeness (QED) is 0.658. The zero-order valence-electron chi connectivity index (χ0n) is 12.9. The summed E-state index contributed by atoms with van der Waals surface area (Å²) in [5.74, 6) is 0.484. The topological polar surface area (TPSA) is 50.7 Å². The minimum Gasteiger partial charge on any atom is -0.483 e. The Balaban J connectivity index is 1.76. The van der Waals surface area contributed by atoms with Crippen molar-refractivity contribution in [2.24, 2.45) is 5.10 Å². The Morgan fingerprint density at radius 1 is 1.09 bits per heavy atom. The smallest absolute Gasteiger partial charge is 0.277 e. The summed E-state index contributed by atoms with van der Waals surface area (Å²) in [4.78, 5) is 11.7. The summed E-state index contributed by atoms with van der Waals surface area (Å²) in [6.07, 6.45) is 2.35. The Labute approximate surface area is 130 Å². The van der Waals surface area contributed by atoms with Crippen LogP contribution in [0.1, 0.15) is 16.7 Å². The van der Waals surface area contributed by atoms with E-state index in [0.29, 0.717) is 6.42 Å². The largest absolute Gasteiger partial charge is 0.483 e. The van der Waals surface area contributed by atoms with Gasteiger partial charge in [-0.25, -0.2) is 5.43 Å². The summed E-state index contributed by atoms with van der Waals surface area (Å²) >= 11 is 0. The van der Waals surface area contributed by atoms with Gasteiger partial charge in [-0.05, 0) is 30.5 Å². The van der Waals surface area contributed by atoms with Gasteiger partial charge in [-0.2, -0.15) is 5.10 Å². The van der Waals surface area contributed by atoms with E-state index in [9.17, 15) is 4.79 Å². The van der Waals surface area contributed by atoms with E-state index in [4.69, 9.17) is 4.74 Å². The van der Waals surface area contributed by atoms with Crippen LogP contribution < -0.4 is 10.2 Å². The molecular formula is C18H20N2O2. The molecule has 0 spiro atoms. The number of hydrazone groups is 1. The zero-order chi connectivity index (χ0) is 15.8. The van der Waals surface area contributed by atoms with Gasteiger partial charge >= 0.3 is 0 Å². The fourth-order valence-corrected chi connectivity index (χ4v) is 2.08. The van der Waals surface area contributed by atoms with Crippen molar-refractivity contribution in [3.63, 3.8) is 0 Å². The number of hydrogen-bond acceptors (Lipinski definition) is 3. The molecule has 0 aromatic heterocycles. The van der Waals surface area contributed by atoms with Crippen molar-refractivity contribution in [3.8, 4) is 5.75 Å². The Kier molecular flexibility index (Phi) is 5.72. The summed E-state index contributed by atoms with van der Waals surface area (Å²) in [6, 6.07) is 15.8. The summed E-state index contributed by atoms with van der Waals surface area (Å²) < 4.78 is 5.56. The van der Waals surface area contributed by atoms with E-state index < -0.39 is 0 Å². The first-order valence-electron chi connectivity index (χ1n) is 7.20. The van der Waals surface area contributed by atoms with Gasteiger partial charge in [-0.15, -0.1) is 0 Å². The Morgan fingerprint density at radius 3 is 2.45 bits per heavy atom. The molecule has 4 nitrogen and oxygen atoms in total. The van der Waals surface area contributed by atoms with Crippen molar-refractivity contribution >= 4 is 12.1 Å². The highest BCUT2D eigenvalue weighted by Gasteiger charge is 2.06. The monoisotopic (exact) mass is 296 g/mol. The fourth-order valence-electron chi connectivity index (χ4n) is 2.08. The van der Waals surface area contributed by atoms with Crippen molar-refractivity contribution in [2.75, 3.05) is 6.61 Å². The van der Waals surface area contributed by atoms with E-state index in [1.54, 1.807) is 6.21 Å². The number of aryl methyl sites for hydroxylation is 2. The van der Waals surface area contributed by atoms with Crippen LogP contribution in [0.2, 0.25) is 0 Å². The van der Waals surface area contributed by atoms with Crippen LogP contribution in [0, 0.1) is 13.8 Å². The number of hydrogen-bond donors (Lipinski definition) is 1. The lowest BCUT2D eigenvalue weighted by Crippen LogP contribution is -2.25. The van der Waals surface area contributed by atoms with Gasteiger partial charge in [0.15, 0.2) is 6.61 Å². The van der Waals surface area contributed by atoms with E-state index in [1.165, 1.54) is 0 Å². The molecule has 4 heteroatoms. The third-order valence-corrected chi connectivity index (χ3v) is 3.21. The summed E-state index contributed by atoms with van der Waals surface area (Å²) in [5.41, 5.74) is 5.64. The maximum Gasteiger partial charge on any atom is 0.277 e. The van der Waals surface area contributed by atoms with E-state index in [-0.39, 0.29) is 12.5 Å². The molecule has 2 aromatic rings. The first-order chi connectivity index (χ1) is 10.7. The van der Waals surface area contributed by atoms with E-state index in [1.807, 2.05) is 62.4 Å². The average Bonchev–Trinajstić information content (AvgIpc) is 2.52. The third kappa shape index (κ3) is 4.74. The Hall–Kier alpha value is -2.62. The second-order valence-electron chi connectivity index (χ2n) is 5.05. The van der Waals surface area contributed by atoms with Crippen LogP contribution in [0.15, 0.2) is 53.6 Å². The number of rotatable bonds is 6. The molecule has 0 aliphatic heterocycles. The van der Waals surface area contributed by atoms with Gasteiger partial charge < -0.3 is 4.74 Å². The molecule has 1 N–H and O–H groups in total. The van der Waals surface area contributed by atoms with Gasteiger partial charge in [0, 0.05) is 12.6 Å². The van der Waals surface area contributed by atoms with Crippen LogP contribution in [-0.4, -0.2) is 18.7 Å². The highest BCUT2D eigenvalue weighted by molar-refractivity contribution is 5.78. The molecule has 2 rings (SSSR count). The van der Waals surface area contributed by atoms with E-state index in [0.717, 1.165) is 22.4 Å². The molecule has 0 bridgehead atoms. The highest BCUT2D eigenvalue weighted by atomic mass is 16.5. The van der Waals surface area contributed by atoms with Crippen LogP contribution in [0.4, 0.5) is 0 Å². The summed E-state index contributed by atoms with van der Waals surface area (Å²) in [6.45, 7) is 3.87. The summed E-state index contributed by atoms with van der Waals surface area (Å²) in [7, 11) is 0. The predicted octanol–water partition coefficient (Wildman–Crippen LogP) is 3.03. The number of ether oxygens (including phenoxy) is 1. The van der Waals surface area contributed by atoms with Crippen molar-refractivity contribution in [1.82, 2.24) is 5.43 Å². The average molecular weight is 296 g/mol. The SMILES string of the molecule is Cc1cccc(C)c1OCC(=O)NN=CCc1ccccc1. The minimum absolute atomic E-state index is 0.0473. The van der Waals surface area contributed by atoms with Gasteiger partial charge in [0.2, 0.25) is 0 Å². The molecule has 114 valence electrons. The first-order valence-corrected chi connectivity index (χ1v) is 7.20. The second-order valence-corrected chi connectivity index (χ2v) is 5.05. The van der Waals surface area contributed by atoms with Gasteiger partial charge in [-0.3, -0.25) is 4.79 Å². The lowest BCUT2D eigenvalue weighted by atomic mass is 10.1. The molecule has 0 saturated heterocycles. The predicted molar refractivity (Wildman–Crippen MR) is 88.2 cm³/mol. The molecule has 0 aliphatic carbocycles. The molecule has 0 atom stereocenters. The number of nitrogens with zero attached hydrogens (tertiary/aromatic N) is 1. The second kappa shape index (κ2) is 7.98. The molecule has 0 fully saturated rings. The van der Waals surface area contributed by atoms with Crippen LogP contribution in [0.25, 0.3) is 0 Å². The molecule has 0 saturated carbocycles. The summed E-state index contributed by atoms with van der Waals surface area (Å²) in [5, 5.41) is 3.92. The molecule has 1 amide bonds. The van der Waals surface area contributed by atoms with Gasteiger partial charge in [-0.1, -0.05) is 48.5 Å². The lowest BCUT2D eigenvalue weighted by Gasteiger charge is -2.10. The Morgan fingerprint density at radius 2 is 1.77 bits per heavy atom. The van der Waals surface area contributed by atoms with Crippen LogP contribution >= 0.6 is 0 Å². The lowest BCUT2D eigenvalue weighted by molar-refractivity contribution is -0.123. The molecule has 0 heterocycles. The van der Waals surface area contributed by atoms with Gasteiger partial charge in [0.05, 0.1) is 0 Å². The molecule has 22 heavy (non-hydrogen) atoms. The molecule has 0 aliphatic rings. The number of carbonyl (C=O) groups excluding carboxylic acids is 1. The van der Waals surface area contributed by atoms with E-state index >= 15 is 0 Å². The van der Waals surface area contributed by atoms with Gasteiger partial charge in [0.25, 0.3) is 5.91 Å². The van der Waals surface area contributed by atoms with Crippen molar-refractivity contribution < 1.29 is 9.53 Å². The number of benzene rings is 2. The van der Waals surface area contributed by atoms with Crippen molar-refractivity contribution in [1.29, 1.82) is 0 Å². The third-order valence-electron chi connectivity index (χ3n) is 3.21. The highest BCUT2D eigenvalue weighted by Crippen LogP contribution is 2.21. The number of nitrogens with one attached hydrogen (secondary N) is 1. The molecule has 2 aromatic carbocycles. The standard InChI is InChI=1S/C18H20N2O2/c1-14-7-6-8-15(2)18(14)22-13-17(21)20-19-12-11-16-9-4-3-5-10-16/h3-10,12H,11,13H2,1-2H3,(H,20,21). The minimum atomic E-state index is -0.271. The normalized spacial score (nSPS) is 10.6. The van der Waals surface area contributed by atoms with Crippen LogP contribution in [-0.2, 0) is 11.2 Å². The van der Waals surface area contributed by atoms with Crippen molar-refractivity contribution in [3.05, 3.63) is 65.2 Å². The van der Waals surface area contributed by atoms with Crippen LogP contribution in [0.3, 0.4) is 0 Å². The number of carbonyl (C=O) groups is 1. The zero-order valence-corrected chi connectivity index (χ0v) is 12.9. The van der Waals surface area contributed by atoms with Gasteiger partial charge in [0.1, 0.15) is 5.75 Å². The molecule has 0 unspecified atom stereocenters. The molecular weight excluding hydrogens is 276 g/mol. The number of para-hydroxylation sites is 1. The van der Waals surface area contributed by atoms with Crippen LogP contribution in [0.5, 0.6) is 5.75 Å². The fraction of sp³-hybridized carbons (Fsp3) is 0.222. The van der Waals surface area contributed by atoms with Crippen molar-refractivity contribution in [2.45, 2.75) is 20.3 Å². The number of amides is 1. The Bertz CT molecular complexity index is 631. The first kappa shape index (κ1) is 15.8. The van der Waals surface area contributed by atoms with E-state index in [2.05, 4.69) is 10.5 Å². The maximum absolute atomic E-state index is 11.7. The molecule has 0 radical (unpaired) electrons.